The molecule has 1 aliphatic rings. The van der Waals surface area contributed by atoms with Gasteiger partial charge in [-0.05, 0) is 30.2 Å². The van der Waals surface area contributed by atoms with Crippen molar-refractivity contribution in [1.29, 1.82) is 0 Å². The number of amides is 2. The van der Waals surface area contributed by atoms with Crippen LogP contribution in [-0.4, -0.2) is 53.7 Å². The van der Waals surface area contributed by atoms with Crippen LogP contribution < -0.4 is 5.32 Å². The first-order valence-electron chi connectivity index (χ1n) is 8.70. The molecule has 5 heteroatoms. The third-order valence-electron chi connectivity index (χ3n) is 4.54. The topological polar surface area (TPSA) is 55.8 Å². The van der Waals surface area contributed by atoms with Gasteiger partial charge in [-0.15, -0.1) is 0 Å². The molecular formula is C20H25N3O2. The van der Waals surface area contributed by atoms with E-state index in [1.165, 1.54) is 0 Å². The lowest BCUT2D eigenvalue weighted by atomic mass is 10.1. The number of rotatable bonds is 4. The molecule has 0 unspecified atom stereocenters. The van der Waals surface area contributed by atoms with Crippen molar-refractivity contribution < 1.29 is 9.90 Å². The van der Waals surface area contributed by atoms with Crippen LogP contribution in [0.3, 0.4) is 0 Å². The Morgan fingerprint density at radius 2 is 1.80 bits per heavy atom. The lowest BCUT2D eigenvalue weighted by Crippen LogP contribution is -2.50. The number of β-amino-alcohol motifs (C(OH)–C–C–N with tert-alkyl or cyclic N) is 1. The van der Waals surface area contributed by atoms with Gasteiger partial charge in [-0.25, -0.2) is 4.79 Å². The molecule has 0 radical (unpaired) electrons. The summed E-state index contributed by atoms with van der Waals surface area (Å²) in [7, 11) is 0. The van der Waals surface area contributed by atoms with E-state index in [2.05, 4.69) is 10.2 Å². The fraction of sp³-hybridized carbons (Fsp3) is 0.350. The molecule has 2 aromatic rings. The summed E-state index contributed by atoms with van der Waals surface area (Å²) >= 11 is 0. The van der Waals surface area contributed by atoms with Crippen LogP contribution in [0.4, 0.5) is 10.5 Å². The SMILES string of the molecule is Cc1cccc(NC(=O)N2CCN(C[C@H](O)c3ccccc3)CC2)c1. The Hall–Kier alpha value is -2.37. The van der Waals surface area contributed by atoms with Crippen molar-refractivity contribution in [3.05, 3.63) is 65.7 Å². The molecule has 0 aromatic heterocycles. The Balaban J connectivity index is 1.47. The molecule has 1 aliphatic heterocycles. The minimum atomic E-state index is -0.492. The molecule has 0 spiro atoms. The van der Waals surface area contributed by atoms with E-state index >= 15 is 0 Å². The minimum absolute atomic E-state index is 0.0612. The van der Waals surface area contributed by atoms with Gasteiger partial charge in [0.25, 0.3) is 0 Å². The average molecular weight is 339 g/mol. The van der Waals surface area contributed by atoms with Crippen molar-refractivity contribution >= 4 is 11.7 Å². The van der Waals surface area contributed by atoms with E-state index < -0.39 is 6.10 Å². The average Bonchev–Trinajstić information content (AvgIpc) is 2.63. The lowest BCUT2D eigenvalue weighted by Gasteiger charge is -2.35. The van der Waals surface area contributed by atoms with Crippen molar-refractivity contribution in [1.82, 2.24) is 9.80 Å². The van der Waals surface area contributed by atoms with Crippen LogP contribution in [0.15, 0.2) is 54.6 Å². The Labute approximate surface area is 148 Å². The Morgan fingerprint density at radius 3 is 2.48 bits per heavy atom. The maximum atomic E-state index is 12.4. The van der Waals surface area contributed by atoms with Gasteiger partial charge in [0.1, 0.15) is 0 Å². The first-order chi connectivity index (χ1) is 12.1. The predicted octanol–water partition coefficient (Wildman–Crippen LogP) is 2.88. The molecule has 1 atom stereocenters. The minimum Gasteiger partial charge on any atom is -0.387 e. The van der Waals surface area contributed by atoms with Crippen molar-refractivity contribution in [3.8, 4) is 0 Å². The highest BCUT2D eigenvalue weighted by atomic mass is 16.3. The van der Waals surface area contributed by atoms with Gasteiger partial charge in [-0.2, -0.15) is 0 Å². The fourth-order valence-electron chi connectivity index (χ4n) is 3.08. The summed E-state index contributed by atoms with van der Waals surface area (Å²) in [6.45, 7) is 5.47. The molecule has 2 aromatic carbocycles. The summed E-state index contributed by atoms with van der Waals surface area (Å²) < 4.78 is 0. The summed E-state index contributed by atoms with van der Waals surface area (Å²) in [5.74, 6) is 0. The maximum Gasteiger partial charge on any atom is 0.321 e. The number of carbonyl (C=O) groups is 1. The highest BCUT2D eigenvalue weighted by molar-refractivity contribution is 5.89. The number of nitrogens with one attached hydrogen (secondary N) is 1. The van der Waals surface area contributed by atoms with E-state index in [1.807, 2.05) is 66.4 Å². The molecule has 2 N–H and O–H groups in total. The standard InChI is InChI=1S/C20H25N3O2/c1-16-6-5-9-18(14-16)21-20(25)23-12-10-22(11-13-23)15-19(24)17-7-3-2-4-8-17/h2-9,14,19,24H,10-13,15H2,1H3,(H,21,25)/t19-/m0/s1. The normalized spacial score (nSPS) is 16.5. The van der Waals surface area contributed by atoms with Gasteiger partial charge in [-0.3, -0.25) is 4.90 Å². The van der Waals surface area contributed by atoms with E-state index in [4.69, 9.17) is 0 Å². The van der Waals surface area contributed by atoms with E-state index in [9.17, 15) is 9.90 Å². The van der Waals surface area contributed by atoms with E-state index in [0.29, 0.717) is 19.6 Å². The quantitative estimate of drug-likeness (QED) is 0.900. The number of anilines is 1. The van der Waals surface area contributed by atoms with Gasteiger partial charge in [0.05, 0.1) is 6.10 Å². The molecule has 1 heterocycles. The van der Waals surface area contributed by atoms with Crippen molar-refractivity contribution in [2.45, 2.75) is 13.0 Å². The highest BCUT2D eigenvalue weighted by Gasteiger charge is 2.23. The van der Waals surface area contributed by atoms with Crippen LogP contribution in [0.2, 0.25) is 0 Å². The summed E-state index contributed by atoms with van der Waals surface area (Å²) in [6, 6.07) is 17.4. The van der Waals surface area contributed by atoms with Gasteiger partial charge in [0.2, 0.25) is 0 Å². The molecule has 0 saturated carbocycles. The van der Waals surface area contributed by atoms with Crippen molar-refractivity contribution in [3.63, 3.8) is 0 Å². The smallest absolute Gasteiger partial charge is 0.321 e. The van der Waals surface area contributed by atoms with Crippen molar-refractivity contribution in [2.75, 3.05) is 38.0 Å². The summed E-state index contributed by atoms with van der Waals surface area (Å²) in [5.41, 5.74) is 2.88. The van der Waals surface area contributed by atoms with Crippen LogP contribution in [0, 0.1) is 6.92 Å². The third kappa shape index (κ3) is 4.81. The second kappa shape index (κ2) is 8.14. The molecule has 0 bridgehead atoms. The molecule has 1 fully saturated rings. The van der Waals surface area contributed by atoms with Crippen LogP contribution >= 0.6 is 0 Å². The monoisotopic (exact) mass is 339 g/mol. The van der Waals surface area contributed by atoms with E-state index in [0.717, 1.165) is 29.9 Å². The fourth-order valence-corrected chi connectivity index (χ4v) is 3.08. The zero-order valence-electron chi connectivity index (χ0n) is 14.6. The first kappa shape index (κ1) is 17.5. The van der Waals surface area contributed by atoms with Gasteiger partial charge in [0.15, 0.2) is 0 Å². The number of hydrogen-bond donors (Lipinski definition) is 2. The van der Waals surface area contributed by atoms with E-state index in [-0.39, 0.29) is 6.03 Å². The second-order valence-electron chi connectivity index (χ2n) is 6.51. The molecule has 132 valence electrons. The second-order valence-corrected chi connectivity index (χ2v) is 6.51. The Morgan fingerprint density at radius 1 is 1.08 bits per heavy atom. The molecule has 5 nitrogen and oxygen atoms in total. The van der Waals surface area contributed by atoms with Gasteiger partial charge in [-0.1, -0.05) is 42.5 Å². The number of aliphatic hydroxyl groups excluding tert-OH is 1. The number of hydrogen-bond acceptors (Lipinski definition) is 3. The largest absolute Gasteiger partial charge is 0.387 e. The summed E-state index contributed by atoms with van der Waals surface area (Å²) in [5, 5.41) is 13.3. The van der Waals surface area contributed by atoms with Crippen LogP contribution in [0.5, 0.6) is 0 Å². The number of aliphatic hydroxyl groups is 1. The van der Waals surface area contributed by atoms with Gasteiger partial charge >= 0.3 is 6.03 Å². The number of piperazine rings is 1. The zero-order chi connectivity index (χ0) is 17.6. The molecule has 0 aliphatic carbocycles. The van der Waals surface area contributed by atoms with Gasteiger partial charge in [0, 0.05) is 38.4 Å². The predicted molar refractivity (Wildman–Crippen MR) is 99.6 cm³/mol. The molecule has 25 heavy (non-hydrogen) atoms. The van der Waals surface area contributed by atoms with Crippen molar-refractivity contribution in [2.24, 2.45) is 0 Å². The van der Waals surface area contributed by atoms with Gasteiger partial charge < -0.3 is 15.3 Å². The Kier molecular flexibility index (Phi) is 5.68. The summed E-state index contributed by atoms with van der Waals surface area (Å²) in [6.07, 6.45) is -0.492. The molecular weight excluding hydrogens is 314 g/mol. The maximum absolute atomic E-state index is 12.4. The molecule has 2 amide bonds. The molecule has 3 rings (SSSR count). The molecule has 1 saturated heterocycles. The number of benzene rings is 2. The number of aryl methyl sites for hydroxylation is 1. The Bertz CT molecular complexity index is 697. The number of urea groups is 1. The highest BCUT2D eigenvalue weighted by Crippen LogP contribution is 2.16. The number of carbonyl (C=O) groups excluding carboxylic acids is 1. The van der Waals surface area contributed by atoms with Crippen LogP contribution in [-0.2, 0) is 0 Å². The van der Waals surface area contributed by atoms with Crippen LogP contribution in [0.25, 0.3) is 0 Å². The summed E-state index contributed by atoms with van der Waals surface area (Å²) in [4.78, 5) is 16.4. The van der Waals surface area contributed by atoms with E-state index in [1.54, 1.807) is 0 Å². The third-order valence-corrected chi connectivity index (χ3v) is 4.54. The lowest BCUT2D eigenvalue weighted by molar-refractivity contribution is 0.0831. The number of nitrogens with zero attached hydrogens (tertiary/aromatic N) is 2. The van der Waals surface area contributed by atoms with Crippen LogP contribution in [0.1, 0.15) is 17.2 Å². The zero-order valence-corrected chi connectivity index (χ0v) is 14.6. The first-order valence-corrected chi connectivity index (χ1v) is 8.70.